The van der Waals surface area contributed by atoms with E-state index in [4.69, 9.17) is 32.5 Å². The number of hydrogen-bond acceptors (Lipinski definition) is 6. The van der Waals surface area contributed by atoms with Crippen molar-refractivity contribution in [1.82, 2.24) is 10.5 Å². The number of rotatable bonds is 9. The molecule has 4 aromatic rings. The summed E-state index contributed by atoms with van der Waals surface area (Å²) in [6.45, 7) is 3.36. The van der Waals surface area contributed by atoms with Crippen LogP contribution in [0.1, 0.15) is 40.2 Å². The van der Waals surface area contributed by atoms with E-state index in [2.05, 4.69) is 15.8 Å². The number of ether oxygens (including phenoxy) is 1. The number of carboxylic acid groups (broad SMARTS) is 1. The first kappa shape index (κ1) is 28.7. The van der Waals surface area contributed by atoms with Crippen LogP contribution in [0.3, 0.4) is 0 Å². The summed E-state index contributed by atoms with van der Waals surface area (Å²) in [4.78, 5) is 37.2. The van der Waals surface area contributed by atoms with Gasteiger partial charge in [0.25, 0.3) is 5.91 Å². The molecule has 3 N–H and O–H groups in total. The van der Waals surface area contributed by atoms with Crippen molar-refractivity contribution in [2.45, 2.75) is 32.4 Å². The number of aromatic nitrogens is 1. The normalized spacial score (nSPS) is 12.3. The second-order valence-corrected chi connectivity index (χ2v) is 9.72. The van der Waals surface area contributed by atoms with E-state index < -0.39 is 30.1 Å². The van der Waals surface area contributed by atoms with E-state index in [0.29, 0.717) is 38.1 Å². The Kier molecular flexibility index (Phi) is 9.08. The number of benzene rings is 3. The average molecular weight is 582 g/mol. The van der Waals surface area contributed by atoms with Crippen molar-refractivity contribution >= 4 is 46.9 Å². The summed E-state index contributed by atoms with van der Waals surface area (Å²) >= 11 is 12.3. The van der Waals surface area contributed by atoms with Crippen molar-refractivity contribution < 1.29 is 28.8 Å². The highest BCUT2D eigenvalue weighted by Gasteiger charge is 2.24. The molecule has 0 fully saturated rings. The number of aryl methyl sites for hydroxylation is 1. The molecule has 0 aliphatic heterocycles. The molecular weight excluding hydrogens is 557 g/mol. The minimum absolute atomic E-state index is 0.0242. The summed E-state index contributed by atoms with van der Waals surface area (Å²) in [5.74, 6) is -1.50. The third-order valence-electron chi connectivity index (χ3n) is 6.11. The van der Waals surface area contributed by atoms with Crippen LogP contribution in [0.25, 0.3) is 11.3 Å². The monoisotopic (exact) mass is 581 g/mol. The molecule has 0 radical (unpaired) electrons. The van der Waals surface area contributed by atoms with Gasteiger partial charge in [-0.2, -0.15) is 0 Å². The van der Waals surface area contributed by atoms with Crippen molar-refractivity contribution in [2.75, 3.05) is 5.32 Å². The predicted octanol–water partition coefficient (Wildman–Crippen LogP) is 6.69. The zero-order valence-electron chi connectivity index (χ0n) is 21.5. The van der Waals surface area contributed by atoms with Crippen LogP contribution in [-0.2, 0) is 16.0 Å². The van der Waals surface area contributed by atoms with Crippen LogP contribution in [0, 0.1) is 6.92 Å². The summed E-state index contributed by atoms with van der Waals surface area (Å²) in [5, 5.41) is 19.7. The maximum absolute atomic E-state index is 12.8. The first-order chi connectivity index (χ1) is 19.1. The Hall–Kier alpha value is -4.34. The molecule has 0 saturated carbocycles. The third kappa shape index (κ3) is 6.80. The summed E-state index contributed by atoms with van der Waals surface area (Å²) in [6.07, 6.45) is -1.31. The predicted molar refractivity (Wildman–Crippen MR) is 151 cm³/mol. The Morgan fingerprint density at radius 2 is 1.62 bits per heavy atom. The number of hydrogen-bond donors (Lipinski definition) is 3. The summed E-state index contributed by atoms with van der Waals surface area (Å²) in [6, 6.07) is 18.9. The molecule has 2 amide bonds. The van der Waals surface area contributed by atoms with Gasteiger partial charge in [0.05, 0.1) is 0 Å². The number of carbonyl (C=O) groups is 3. The first-order valence-corrected chi connectivity index (χ1v) is 13.0. The SMILES string of the molecule is Cc1noc(-c2ccc(C(=O)N[C@H](Cc3ccccc3Cl)C(=O)O)cc2)c1NC(=O)O[C@H](C)c1ccccc1Cl. The molecule has 3 aromatic carbocycles. The largest absolute Gasteiger partial charge is 0.480 e. The number of halogens is 2. The fourth-order valence-electron chi connectivity index (χ4n) is 3.97. The van der Waals surface area contributed by atoms with E-state index in [1.807, 2.05) is 0 Å². The van der Waals surface area contributed by atoms with E-state index in [-0.39, 0.29) is 17.7 Å². The van der Waals surface area contributed by atoms with Gasteiger partial charge in [-0.3, -0.25) is 10.1 Å². The number of anilines is 1. The van der Waals surface area contributed by atoms with Crippen LogP contribution in [-0.4, -0.2) is 34.3 Å². The second kappa shape index (κ2) is 12.7. The number of nitrogens with one attached hydrogen (secondary N) is 2. The highest BCUT2D eigenvalue weighted by atomic mass is 35.5. The smallest absolute Gasteiger partial charge is 0.412 e. The molecule has 2 atom stereocenters. The zero-order chi connectivity index (χ0) is 28.8. The average Bonchev–Trinajstić information content (AvgIpc) is 3.29. The minimum atomic E-state index is -1.19. The molecule has 1 aromatic heterocycles. The standard InChI is InChI=1S/C29H25Cl2N3O6/c1-16-25(33-29(38)39-17(2)21-8-4-6-10-23(21)31)26(40-34-16)18-11-13-19(14-12-18)27(35)32-24(28(36)37)15-20-7-3-5-9-22(20)30/h3-14,17,24H,15H2,1-2H3,(H,32,35)(H,33,38)(H,36,37)/t17-,24-/m1/s1. The van der Waals surface area contributed by atoms with E-state index in [1.165, 1.54) is 12.1 Å². The molecule has 1 heterocycles. The molecule has 4 rings (SSSR count). The molecule has 0 saturated heterocycles. The molecule has 0 aliphatic carbocycles. The van der Waals surface area contributed by atoms with E-state index in [9.17, 15) is 19.5 Å². The molecule has 40 heavy (non-hydrogen) atoms. The molecular formula is C29H25Cl2N3O6. The highest BCUT2D eigenvalue weighted by Crippen LogP contribution is 2.32. The maximum atomic E-state index is 12.8. The lowest BCUT2D eigenvalue weighted by Crippen LogP contribution is -2.42. The van der Waals surface area contributed by atoms with E-state index >= 15 is 0 Å². The van der Waals surface area contributed by atoms with Gasteiger partial charge in [-0.1, -0.05) is 76.9 Å². The van der Waals surface area contributed by atoms with Crippen molar-refractivity contribution in [1.29, 1.82) is 0 Å². The molecule has 0 unspecified atom stereocenters. The van der Waals surface area contributed by atoms with E-state index in [0.717, 1.165) is 0 Å². The third-order valence-corrected chi connectivity index (χ3v) is 6.82. The Morgan fingerprint density at radius 3 is 2.27 bits per heavy atom. The van der Waals surface area contributed by atoms with Crippen LogP contribution >= 0.6 is 23.2 Å². The Bertz CT molecular complexity index is 1540. The number of nitrogens with zero attached hydrogens (tertiary/aromatic N) is 1. The summed E-state index contributed by atoms with van der Waals surface area (Å²) < 4.78 is 10.9. The van der Waals surface area contributed by atoms with Crippen LogP contribution in [0.4, 0.5) is 10.5 Å². The molecule has 0 aliphatic rings. The van der Waals surface area contributed by atoms with Gasteiger partial charge in [0.15, 0.2) is 5.76 Å². The topological polar surface area (TPSA) is 131 Å². The van der Waals surface area contributed by atoms with Crippen LogP contribution in [0.15, 0.2) is 77.3 Å². The second-order valence-electron chi connectivity index (χ2n) is 8.90. The molecule has 11 heteroatoms. The van der Waals surface area contributed by atoms with Gasteiger partial charge in [0.1, 0.15) is 23.5 Å². The van der Waals surface area contributed by atoms with Crippen LogP contribution in [0.5, 0.6) is 0 Å². The Labute approximate surface area is 240 Å². The van der Waals surface area contributed by atoms with Crippen molar-refractivity contribution in [2.24, 2.45) is 0 Å². The lowest BCUT2D eigenvalue weighted by atomic mass is 10.0. The van der Waals surface area contributed by atoms with Gasteiger partial charge in [-0.05, 0) is 43.7 Å². The number of carboxylic acids is 1. The van der Waals surface area contributed by atoms with Crippen molar-refractivity contribution in [3.8, 4) is 11.3 Å². The summed E-state index contributed by atoms with van der Waals surface area (Å²) in [5.41, 5.74) is 2.74. The molecule has 9 nitrogen and oxygen atoms in total. The molecule has 206 valence electrons. The van der Waals surface area contributed by atoms with Crippen LogP contribution < -0.4 is 10.6 Å². The van der Waals surface area contributed by atoms with Crippen molar-refractivity contribution in [3.63, 3.8) is 0 Å². The minimum Gasteiger partial charge on any atom is -0.480 e. The quantitative estimate of drug-likeness (QED) is 0.200. The van der Waals surface area contributed by atoms with Gasteiger partial charge in [0.2, 0.25) is 0 Å². The number of aliphatic carboxylic acids is 1. The summed E-state index contributed by atoms with van der Waals surface area (Å²) in [7, 11) is 0. The van der Waals surface area contributed by atoms with Crippen molar-refractivity contribution in [3.05, 3.63) is 105 Å². The highest BCUT2D eigenvalue weighted by molar-refractivity contribution is 6.31. The molecule has 0 bridgehead atoms. The fourth-order valence-corrected chi connectivity index (χ4v) is 4.48. The van der Waals surface area contributed by atoms with Gasteiger partial charge in [-0.15, -0.1) is 0 Å². The Morgan fingerprint density at radius 1 is 0.975 bits per heavy atom. The van der Waals surface area contributed by atoms with Gasteiger partial charge in [-0.25, -0.2) is 9.59 Å². The number of carbonyl (C=O) groups excluding carboxylic acids is 2. The van der Waals surface area contributed by atoms with E-state index in [1.54, 1.807) is 74.5 Å². The molecule has 0 spiro atoms. The number of amides is 2. The Balaban J connectivity index is 1.44. The lowest BCUT2D eigenvalue weighted by molar-refractivity contribution is -0.139. The van der Waals surface area contributed by atoms with Crippen LogP contribution in [0.2, 0.25) is 10.0 Å². The lowest BCUT2D eigenvalue weighted by Gasteiger charge is -2.16. The zero-order valence-corrected chi connectivity index (χ0v) is 23.0. The maximum Gasteiger partial charge on any atom is 0.412 e. The van der Waals surface area contributed by atoms with Gasteiger partial charge < -0.3 is 19.7 Å². The van der Waals surface area contributed by atoms with Gasteiger partial charge in [0, 0.05) is 33.2 Å². The fraction of sp³-hybridized carbons (Fsp3) is 0.172. The van der Waals surface area contributed by atoms with Gasteiger partial charge >= 0.3 is 12.1 Å². The first-order valence-electron chi connectivity index (χ1n) is 12.2.